The molecule has 0 bridgehead atoms. The summed E-state index contributed by atoms with van der Waals surface area (Å²) in [5, 5.41) is 0. The smallest absolute Gasteiger partial charge is 0.346 e. The molecule has 0 atom stereocenters. The number of carbonyl (C=O) groups excluding carboxylic acids is 4. The molecule has 1 aromatic carbocycles. The molecule has 0 spiro atoms. The van der Waals surface area contributed by atoms with Crippen molar-refractivity contribution in [2.24, 2.45) is 11.5 Å². The minimum absolute atomic E-state index is 0.0509. The van der Waals surface area contributed by atoms with E-state index in [0.29, 0.717) is 11.1 Å². The van der Waals surface area contributed by atoms with E-state index in [4.69, 9.17) is 11.5 Å². The molecule has 100 valence electrons. The van der Waals surface area contributed by atoms with Crippen molar-refractivity contribution in [3.05, 3.63) is 35.4 Å². The number of hydrogen-bond acceptors (Lipinski definition) is 5. The Bertz CT molecular complexity index is 492. The molecule has 0 fully saturated rings. The molecule has 0 aromatic heterocycles. The van der Waals surface area contributed by atoms with Crippen molar-refractivity contribution in [2.45, 2.75) is 12.8 Å². The van der Waals surface area contributed by atoms with Crippen LogP contribution in [0, 0.1) is 0 Å². The molecule has 4 N–H and O–H groups in total. The summed E-state index contributed by atoms with van der Waals surface area (Å²) in [6.45, 7) is 0. The van der Waals surface area contributed by atoms with E-state index < -0.39 is 23.8 Å². The number of cyclic esters (lactones) is 2. The fourth-order valence-electron chi connectivity index (χ4n) is 1.28. The second-order valence-corrected chi connectivity index (χ2v) is 3.66. The molecule has 0 saturated heterocycles. The Morgan fingerprint density at radius 1 is 0.895 bits per heavy atom. The standard InChI is InChI=1S/C8H4O3.C4H8N2O2/c9-7-5-3-1-2-4-6(5)8(10)11-7;5-3(7)1-2-4(6)8/h1-4H;1-2H2,(H2,5,7)(H2,6,8). The van der Waals surface area contributed by atoms with Gasteiger partial charge in [0.2, 0.25) is 11.8 Å². The first kappa shape index (κ1) is 14.4. The summed E-state index contributed by atoms with van der Waals surface area (Å²) < 4.78 is 4.35. The fourth-order valence-corrected chi connectivity index (χ4v) is 1.28. The Kier molecular flexibility index (Phi) is 4.76. The molecule has 1 aliphatic heterocycles. The number of rotatable bonds is 3. The van der Waals surface area contributed by atoms with Gasteiger partial charge in [-0.15, -0.1) is 0 Å². The molecule has 7 heteroatoms. The van der Waals surface area contributed by atoms with Crippen LogP contribution in [-0.2, 0) is 14.3 Å². The van der Waals surface area contributed by atoms with Crippen LogP contribution in [0.15, 0.2) is 24.3 Å². The van der Waals surface area contributed by atoms with Gasteiger partial charge in [0.05, 0.1) is 11.1 Å². The van der Waals surface area contributed by atoms with E-state index in [2.05, 4.69) is 4.74 Å². The SMILES string of the molecule is NC(=O)CCC(N)=O.O=C1OC(=O)c2ccccc21. The number of nitrogens with two attached hydrogens (primary N) is 2. The zero-order chi connectivity index (χ0) is 14.4. The van der Waals surface area contributed by atoms with Crippen LogP contribution in [0.2, 0.25) is 0 Å². The Morgan fingerprint density at radius 3 is 1.58 bits per heavy atom. The van der Waals surface area contributed by atoms with E-state index in [1.165, 1.54) is 0 Å². The van der Waals surface area contributed by atoms with E-state index in [1.54, 1.807) is 24.3 Å². The third-order valence-corrected chi connectivity index (χ3v) is 2.17. The van der Waals surface area contributed by atoms with Crippen molar-refractivity contribution in [3.8, 4) is 0 Å². The van der Waals surface area contributed by atoms with Crippen molar-refractivity contribution >= 4 is 23.8 Å². The number of fused-ring (bicyclic) bond motifs is 1. The Balaban J connectivity index is 0.000000203. The lowest BCUT2D eigenvalue weighted by atomic mass is 10.1. The molecule has 1 aliphatic rings. The van der Waals surface area contributed by atoms with E-state index in [-0.39, 0.29) is 12.8 Å². The summed E-state index contributed by atoms with van der Waals surface area (Å²) in [6, 6.07) is 6.53. The number of amides is 2. The maximum absolute atomic E-state index is 10.8. The second kappa shape index (κ2) is 6.29. The first-order chi connectivity index (χ1) is 8.91. The van der Waals surface area contributed by atoms with Crippen molar-refractivity contribution in [3.63, 3.8) is 0 Å². The number of carbonyl (C=O) groups is 4. The van der Waals surface area contributed by atoms with Crippen LogP contribution < -0.4 is 11.5 Å². The highest BCUT2D eigenvalue weighted by molar-refractivity contribution is 6.14. The van der Waals surface area contributed by atoms with Gasteiger partial charge in [0, 0.05) is 12.8 Å². The summed E-state index contributed by atoms with van der Waals surface area (Å²) in [7, 11) is 0. The van der Waals surface area contributed by atoms with Crippen LogP contribution >= 0.6 is 0 Å². The average Bonchev–Trinajstić information content (AvgIpc) is 2.64. The van der Waals surface area contributed by atoms with Gasteiger partial charge in [-0.05, 0) is 12.1 Å². The average molecular weight is 264 g/mol. The van der Waals surface area contributed by atoms with Crippen LogP contribution in [0.4, 0.5) is 0 Å². The second-order valence-electron chi connectivity index (χ2n) is 3.66. The largest absolute Gasteiger partial charge is 0.386 e. The van der Waals surface area contributed by atoms with Gasteiger partial charge in [0.25, 0.3) is 0 Å². The van der Waals surface area contributed by atoms with Crippen LogP contribution in [0.1, 0.15) is 33.6 Å². The molecule has 0 radical (unpaired) electrons. The molecule has 1 heterocycles. The van der Waals surface area contributed by atoms with Crippen molar-refractivity contribution < 1.29 is 23.9 Å². The lowest BCUT2D eigenvalue weighted by Crippen LogP contribution is -2.16. The molecule has 0 unspecified atom stereocenters. The van der Waals surface area contributed by atoms with Gasteiger partial charge in [-0.2, -0.15) is 0 Å². The number of hydrogen-bond donors (Lipinski definition) is 2. The quantitative estimate of drug-likeness (QED) is 0.573. The lowest BCUT2D eigenvalue weighted by molar-refractivity contribution is -0.123. The number of ether oxygens (including phenoxy) is 1. The summed E-state index contributed by atoms with van der Waals surface area (Å²) in [5.74, 6) is -2.09. The molecule has 1 aromatic rings. The Morgan fingerprint density at radius 2 is 1.26 bits per heavy atom. The highest BCUT2D eigenvalue weighted by Gasteiger charge is 2.28. The molecule has 7 nitrogen and oxygen atoms in total. The van der Waals surface area contributed by atoms with E-state index in [1.807, 2.05) is 0 Å². The molecule has 0 aliphatic carbocycles. The van der Waals surface area contributed by atoms with Crippen LogP contribution in [0.25, 0.3) is 0 Å². The minimum Gasteiger partial charge on any atom is -0.386 e. The van der Waals surface area contributed by atoms with Crippen molar-refractivity contribution in [1.82, 2.24) is 0 Å². The van der Waals surface area contributed by atoms with Crippen LogP contribution in [0.3, 0.4) is 0 Å². The van der Waals surface area contributed by atoms with Gasteiger partial charge >= 0.3 is 11.9 Å². The van der Waals surface area contributed by atoms with Gasteiger partial charge < -0.3 is 16.2 Å². The van der Waals surface area contributed by atoms with Gasteiger partial charge in [0.15, 0.2) is 0 Å². The summed E-state index contributed by atoms with van der Waals surface area (Å²) >= 11 is 0. The highest BCUT2D eigenvalue weighted by atomic mass is 16.6. The molecule has 2 amide bonds. The molecular weight excluding hydrogens is 252 g/mol. The topological polar surface area (TPSA) is 130 Å². The molecule has 19 heavy (non-hydrogen) atoms. The summed E-state index contributed by atoms with van der Waals surface area (Å²) in [4.78, 5) is 41.5. The van der Waals surface area contributed by atoms with Crippen LogP contribution in [0.5, 0.6) is 0 Å². The fraction of sp³-hybridized carbons (Fsp3) is 0.167. The first-order valence-electron chi connectivity index (χ1n) is 5.34. The molecular formula is C12H12N2O5. The summed E-state index contributed by atoms with van der Waals surface area (Å²) in [5.41, 5.74) is 10.1. The maximum Gasteiger partial charge on any atom is 0.346 e. The minimum atomic E-state index is -0.550. The number of esters is 2. The zero-order valence-corrected chi connectivity index (χ0v) is 9.92. The summed E-state index contributed by atoms with van der Waals surface area (Å²) in [6.07, 6.45) is 0.102. The third-order valence-electron chi connectivity index (χ3n) is 2.17. The van der Waals surface area contributed by atoms with Gasteiger partial charge in [0.1, 0.15) is 0 Å². The predicted molar refractivity (Wildman–Crippen MR) is 63.8 cm³/mol. The van der Waals surface area contributed by atoms with Crippen LogP contribution in [-0.4, -0.2) is 23.8 Å². The monoisotopic (exact) mass is 264 g/mol. The highest BCUT2D eigenvalue weighted by Crippen LogP contribution is 2.18. The lowest BCUT2D eigenvalue weighted by Gasteiger charge is -1.87. The van der Waals surface area contributed by atoms with Gasteiger partial charge in [-0.1, -0.05) is 12.1 Å². The molecule has 0 saturated carbocycles. The van der Waals surface area contributed by atoms with Gasteiger partial charge in [-0.3, -0.25) is 9.59 Å². The zero-order valence-electron chi connectivity index (χ0n) is 9.92. The normalized spacial score (nSPS) is 12.0. The Labute approximate surface area is 108 Å². The van der Waals surface area contributed by atoms with Crippen molar-refractivity contribution in [1.29, 1.82) is 0 Å². The predicted octanol–water partition coefficient (Wildman–Crippen LogP) is -0.266. The molecule has 2 rings (SSSR count). The number of benzene rings is 1. The third kappa shape index (κ3) is 4.23. The first-order valence-corrected chi connectivity index (χ1v) is 5.34. The van der Waals surface area contributed by atoms with Gasteiger partial charge in [-0.25, -0.2) is 9.59 Å². The Hall–Kier alpha value is -2.70. The van der Waals surface area contributed by atoms with E-state index >= 15 is 0 Å². The number of primary amides is 2. The maximum atomic E-state index is 10.8. The van der Waals surface area contributed by atoms with E-state index in [9.17, 15) is 19.2 Å². The van der Waals surface area contributed by atoms with Crippen molar-refractivity contribution in [2.75, 3.05) is 0 Å². The van der Waals surface area contributed by atoms with E-state index in [0.717, 1.165) is 0 Å².